The van der Waals surface area contributed by atoms with Crippen molar-refractivity contribution in [2.45, 2.75) is 57.9 Å². The second-order valence-electron chi connectivity index (χ2n) is 5.74. The molecule has 1 aliphatic carbocycles. The average molecular weight is 275 g/mol. The maximum atomic E-state index is 12.0. The van der Waals surface area contributed by atoms with E-state index in [4.69, 9.17) is 0 Å². The second-order valence-corrected chi connectivity index (χ2v) is 5.74. The quantitative estimate of drug-likeness (QED) is 0.855. The van der Waals surface area contributed by atoms with Crippen LogP contribution in [-0.2, 0) is 4.79 Å². The normalized spacial score (nSPS) is 24.9. The Kier molecular flexibility index (Phi) is 7.02. The molecule has 0 spiro atoms. The number of amides is 1. The van der Waals surface area contributed by atoms with Gasteiger partial charge in [0.1, 0.15) is 0 Å². The van der Waals surface area contributed by atoms with Crippen LogP contribution in [0.2, 0.25) is 0 Å². The fraction of sp³-hybridized carbons (Fsp3) is 0.929. The standard InChI is InChI=1S/C14H26N2O.ClH/c1-12-11-16(10-9-15-12)14(17)8-4-7-13-5-2-3-6-13;/h12-13,15H,2-11H2,1H3;1H. The van der Waals surface area contributed by atoms with Crippen molar-refractivity contribution in [1.82, 2.24) is 10.2 Å². The van der Waals surface area contributed by atoms with Crippen molar-refractivity contribution >= 4 is 18.3 Å². The van der Waals surface area contributed by atoms with Crippen LogP contribution in [-0.4, -0.2) is 36.5 Å². The van der Waals surface area contributed by atoms with Crippen molar-refractivity contribution in [3.8, 4) is 0 Å². The minimum atomic E-state index is 0. The van der Waals surface area contributed by atoms with Gasteiger partial charge in [-0.2, -0.15) is 0 Å². The lowest BCUT2D eigenvalue weighted by atomic mass is 10.0. The Morgan fingerprint density at radius 2 is 2.06 bits per heavy atom. The molecule has 3 nitrogen and oxygen atoms in total. The topological polar surface area (TPSA) is 32.3 Å². The first-order valence-corrected chi connectivity index (χ1v) is 7.27. The Balaban J connectivity index is 0.00000162. The van der Waals surface area contributed by atoms with Gasteiger partial charge in [-0.05, 0) is 25.7 Å². The van der Waals surface area contributed by atoms with Gasteiger partial charge in [0.15, 0.2) is 0 Å². The molecule has 0 aromatic heterocycles. The lowest BCUT2D eigenvalue weighted by Gasteiger charge is -2.32. The van der Waals surface area contributed by atoms with E-state index >= 15 is 0 Å². The molecule has 2 fully saturated rings. The Bertz CT molecular complexity index is 254. The van der Waals surface area contributed by atoms with Gasteiger partial charge in [-0.3, -0.25) is 4.79 Å². The van der Waals surface area contributed by atoms with E-state index in [1.165, 1.54) is 32.1 Å². The molecule has 1 saturated carbocycles. The summed E-state index contributed by atoms with van der Waals surface area (Å²) < 4.78 is 0. The molecule has 1 aliphatic heterocycles. The zero-order chi connectivity index (χ0) is 12.1. The van der Waals surface area contributed by atoms with Crippen LogP contribution >= 0.6 is 12.4 Å². The van der Waals surface area contributed by atoms with Crippen molar-refractivity contribution in [1.29, 1.82) is 0 Å². The smallest absolute Gasteiger partial charge is 0.222 e. The van der Waals surface area contributed by atoms with Crippen LogP contribution < -0.4 is 5.32 Å². The third-order valence-corrected chi connectivity index (χ3v) is 4.20. The molecular formula is C14H27ClN2O. The van der Waals surface area contributed by atoms with Gasteiger partial charge in [0, 0.05) is 32.1 Å². The predicted octanol–water partition coefficient (Wildman–Crippen LogP) is 2.59. The highest BCUT2D eigenvalue weighted by Crippen LogP contribution is 2.29. The highest BCUT2D eigenvalue weighted by molar-refractivity contribution is 5.85. The number of nitrogens with zero attached hydrogens (tertiary/aromatic N) is 1. The van der Waals surface area contributed by atoms with E-state index in [0.717, 1.165) is 38.4 Å². The number of piperazine rings is 1. The third-order valence-electron chi connectivity index (χ3n) is 4.20. The number of carbonyl (C=O) groups excluding carboxylic acids is 1. The van der Waals surface area contributed by atoms with Crippen LogP contribution in [0.4, 0.5) is 0 Å². The summed E-state index contributed by atoms with van der Waals surface area (Å²) in [5.41, 5.74) is 0. The molecule has 1 N–H and O–H groups in total. The molecule has 1 amide bonds. The van der Waals surface area contributed by atoms with E-state index in [-0.39, 0.29) is 12.4 Å². The monoisotopic (exact) mass is 274 g/mol. The summed E-state index contributed by atoms with van der Waals surface area (Å²) in [6, 6.07) is 0.461. The summed E-state index contributed by atoms with van der Waals surface area (Å²) in [7, 11) is 0. The summed E-state index contributed by atoms with van der Waals surface area (Å²) in [6.07, 6.45) is 8.76. The minimum Gasteiger partial charge on any atom is -0.340 e. The first kappa shape index (κ1) is 15.8. The minimum absolute atomic E-state index is 0. The maximum Gasteiger partial charge on any atom is 0.222 e. The Labute approximate surface area is 117 Å². The molecule has 18 heavy (non-hydrogen) atoms. The van der Waals surface area contributed by atoms with Gasteiger partial charge >= 0.3 is 0 Å². The van der Waals surface area contributed by atoms with Crippen LogP contribution in [0.15, 0.2) is 0 Å². The third kappa shape index (κ3) is 4.77. The largest absolute Gasteiger partial charge is 0.340 e. The van der Waals surface area contributed by atoms with E-state index in [1.807, 2.05) is 4.90 Å². The molecule has 1 saturated heterocycles. The Morgan fingerprint density at radius 1 is 1.33 bits per heavy atom. The van der Waals surface area contributed by atoms with Gasteiger partial charge in [-0.25, -0.2) is 0 Å². The summed E-state index contributed by atoms with van der Waals surface area (Å²) in [6.45, 7) is 4.89. The molecular weight excluding hydrogens is 248 g/mol. The summed E-state index contributed by atoms with van der Waals surface area (Å²) >= 11 is 0. The molecule has 2 aliphatic rings. The molecule has 0 radical (unpaired) electrons. The number of nitrogens with one attached hydrogen (secondary N) is 1. The van der Waals surface area contributed by atoms with Crippen molar-refractivity contribution in [3.63, 3.8) is 0 Å². The molecule has 0 bridgehead atoms. The Morgan fingerprint density at radius 3 is 2.72 bits per heavy atom. The fourth-order valence-corrected chi connectivity index (χ4v) is 3.16. The molecule has 1 atom stereocenters. The van der Waals surface area contributed by atoms with E-state index < -0.39 is 0 Å². The van der Waals surface area contributed by atoms with Crippen molar-refractivity contribution in [3.05, 3.63) is 0 Å². The van der Waals surface area contributed by atoms with Crippen LogP contribution in [0.5, 0.6) is 0 Å². The van der Waals surface area contributed by atoms with Gasteiger partial charge in [-0.1, -0.05) is 25.7 Å². The van der Waals surface area contributed by atoms with E-state index in [9.17, 15) is 4.79 Å². The van der Waals surface area contributed by atoms with Crippen molar-refractivity contribution < 1.29 is 4.79 Å². The first-order valence-electron chi connectivity index (χ1n) is 7.27. The highest BCUT2D eigenvalue weighted by Gasteiger charge is 2.20. The summed E-state index contributed by atoms with van der Waals surface area (Å²) in [5.74, 6) is 1.29. The van der Waals surface area contributed by atoms with Crippen molar-refractivity contribution in [2.75, 3.05) is 19.6 Å². The van der Waals surface area contributed by atoms with Crippen LogP contribution in [0.25, 0.3) is 0 Å². The molecule has 2 rings (SSSR count). The van der Waals surface area contributed by atoms with Gasteiger partial charge in [0.2, 0.25) is 5.91 Å². The number of rotatable bonds is 4. The SMILES string of the molecule is CC1CN(C(=O)CCCC2CCCC2)CCN1.Cl. The fourth-order valence-electron chi connectivity index (χ4n) is 3.16. The van der Waals surface area contributed by atoms with Crippen LogP contribution in [0, 0.1) is 5.92 Å². The highest BCUT2D eigenvalue weighted by atomic mass is 35.5. The Hall–Kier alpha value is -0.280. The molecule has 1 unspecified atom stereocenters. The van der Waals surface area contributed by atoms with Gasteiger partial charge in [-0.15, -0.1) is 12.4 Å². The lowest BCUT2D eigenvalue weighted by Crippen LogP contribution is -2.51. The molecule has 0 aromatic rings. The van der Waals surface area contributed by atoms with Crippen LogP contribution in [0.1, 0.15) is 51.9 Å². The predicted molar refractivity (Wildman–Crippen MR) is 77.1 cm³/mol. The lowest BCUT2D eigenvalue weighted by molar-refractivity contribution is -0.132. The van der Waals surface area contributed by atoms with Crippen molar-refractivity contribution in [2.24, 2.45) is 5.92 Å². The van der Waals surface area contributed by atoms with E-state index in [0.29, 0.717) is 11.9 Å². The zero-order valence-corrected chi connectivity index (χ0v) is 12.3. The number of hydrogen-bond donors (Lipinski definition) is 1. The van der Waals surface area contributed by atoms with E-state index in [2.05, 4.69) is 12.2 Å². The van der Waals surface area contributed by atoms with Gasteiger partial charge < -0.3 is 10.2 Å². The summed E-state index contributed by atoms with van der Waals surface area (Å²) in [4.78, 5) is 14.1. The van der Waals surface area contributed by atoms with Gasteiger partial charge in [0.05, 0.1) is 0 Å². The van der Waals surface area contributed by atoms with Gasteiger partial charge in [0.25, 0.3) is 0 Å². The average Bonchev–Trinajstić information content (AvgIpc) is 2.82. The molecule has 4 heteroatoms. The molecule has 0 aromatic carbocycles. The number of hydrogen-bond acceptors (Lipinski definition) is 2. The molecule has 106 valence electrons. The second kappa shape index (κ2) is 8.00. The maximum absolute atomic E-state index is 12.0. The number of halogens is 1. The molecule has 1 heterocycles. The van der Waals surface area contributed by atoms with E-state index in [1.54, 1.807) is 0 Å². The number of carbonyl (C=O) groups is 1. The first-order chi connectivity index (χ1) is 8.25. The summed E-state index contributed by atoms with van der Waals surface area (Å²) in [5, 5.41) is 3.37. The zero-order valence-electron chi connectivity index (χ0n) is 11.5. The van der Waals surface area contributed by atoms with Crippen LogP contribution in [0.3, 0.4) is 0 Å².